The predicted octanol–water partition coefficient (Wildman–Crippen LogP) is 3.67. The minimum absolute atomic E-state index is 0.768. The molecular formula is C15H14N2OS. The van der Waals surface area contributed by atoms with Crippen LogP contribution in [0.25, 0.3) is 10.6 Å². The molecule has 0 saturated heterocycles. The van der Waals surface area contributed by atoms with Crippen LogP contribution < -0.4 is 4.74 Å². The number of hydrogen-bond donors (Lipinski definition) is 0. The standard InChI is InChI=1S/C15H14N2OS/c1-18-13-6-4-12(5-7-13)11-17-14(8-9-16-17)15-3-2-10-19-15/h2-10H,11H2,1H3. The van der Waals surface area contributed by atoms with Crippen molar-refractivity contribution in [2.24, 2.45) is 0 Å². The number of methoxy groups -OCH3 is 1. The lowest BCUT2D eigenvalue weighted by molar-refractivity contribution is 0.414. The molecule has 3 nitrogen and oxygen atoms in total. The van der Waals surface area contributed by atoms with E-state index in [1.165, 1.54) is 10.4 Å². The minimum Gasteiger partial charge on any atom is -0.497 e. The van der Waals surface area contributed by atoms with Crippen LogP contribution in [0.5, 0.6) is 5.75 Å². The summed E-state index contributed by atoms with van der Waals surface area (Å²) in [5, 5.41) is 6.49. The zero-order valence-electron chi connectivity index (χ0n) is 10.6. The van der Waals surface area contributed by atoms with Gasteiger partial charge < -0.3 is 4.74 Å². The number of benzene rings is 1. The summed E-state index contributed by atoms with van der Waals surface area (Å²) in [6.07, 6.45) is 1.85. The molecule has 0 aliphatic rings. The molecule has 0 N–H and O–H groups in total. The molecule has 1 aromatic carbocycles. The van der Waals surface area contributed by atoms with Gasteiger partial charge in [0.05, 0.1) is 24.2 Å². The Morgan fingerprint density at radius 1 is 1.16 bits per heavy atom. The van der Waals surface area contributed by atoms with Crippen molar-refractivity contribution >= 4 is 11.3 Å². The number of rotatable bonds is 4. The van der Waals surface area contributed by atoms with Crippen LogP contribution in [0, 0.1) is 0 Å². The summed E-state index contributed by atoms with van der Waals surface area (Å²) in [4.78, 5) is 1.24. The average Bonchev–Trinajstić information content (AvgIpc) is 3.10. The van der Waals surface area contributed by atoms with Crippen molar-refractivity contribution in [1.29, 1.82) is 0 Å². The molecule has 0 saturated carbocycles. The van der Waals surface area contributed by atoms with Gasteiger partial charge in [0.15, 0.2) is 0 Å². The van der Waals surface area contributed by atoms with Crippen molar-refractivity contribution in [3.8, 4) is 16.3 Å². The van der Waals surface area contributed by atoms with E-state index in [2.05, 4.69) is 40.8 Å². The Kier molecular flexibility index (Phi) is 3.33. The molecule has 0 aliphatic carbocycles. The molecule has 0 fully saturated rings. The number of aromatic nitrogens is 2. The Labute approximate surface area is 116 Å². The molecule has 3 aromatic rings. The van der Waals surface area contributed by atoms with Gasteiger partial charge in [-0.2, -0.15) is 5.10 Å². The van der Waals surface area contributed by atoms with Crippen molar-refractivity contribution in [1.82, 2.24) is 9.78 Å². The van der Waals surface area contributed by atoms with Crippen molar-refractivity contribution in [2.75, 3.05) is 7.11 Å². The fourth-order valence-electron chi connectivity index (χ4n) is 2.00. The highest BCUT2D eigenvalue weighted by atomic mass is 32.1. The maximum atomic E-state index is 5.17. The molecule has 96 valence electrons. The highest BCUT2D eigenvalue weighted by Crippen LogP contribution is 2.24. The van der Waals surface area contributed by atoms with Gasteiger partial charge in [-0.15, -0.1) is 11.3 Å². The third-order valence-corrected chi connectivity index (χ3v) is 3.87. The zero-order chi connectivity index (χ0) is 13.1. The van der Waals surface area contributed by atoms with Gasteiger partial charge in [-0.1, -0.05) is 18.2 Å². The smallest absolute Gasteiger partial charge is 0.118 e. The summed E-state index contributed by atoms with van der Waals surface area (Å²) in [7, 11) is 1.68. The molecule has 0 atom stereocenters. The summed E-state index contributed by atoms with van der Waals surface area (Å²) in [5.41, 5.74) is 2.37. The fourth-order valence-corrected chi connectivity index (χ4v) is 2.75. The van der Waals surface area contributed by atoms with Crippen molar-refractivity contribution < 1.29 is 4.74 Å². The number of ether oxygens (including phenoxy) is 1. The van der Waals surface area contributed by atoms with Crippen LogP contribution in [0.4, 0.5) is 0 Å². The molecule has 2 heterocycles. The molecule has 2 aromatic heterocycles. The topological polar surface area (TPSA) is 27.1 Å². The summed E-state index contributed by atoms with van der Waals surface area (Å²) in [6, 6.07) is 14.3. The maximum Gasteiger partial charge on any atom is 0.118 e. The Balaban J connectivity index is 1.85. The lowest BCUT2D eigenvalue weighted by Crippen LogP contribution is -2.02. The first-order valence-corrected chi connectivity index (χ1v) is 6.93. The van der Waals surface area contributed by atoms with Crippen LogP contribution in [0.3, 0.4) is 0 Å². The molecule has 4 heteroatoms. The quantitative estimate of drug-likeness (QED) is 0.723. The Bertz CT molecular complexity index is 641. The second kappa shape index (κ2) is 5.28. The molecule has 0 aliphatic heterocycles. The van der Waals surface area contributed by atoms with Crippen molar-refractivity contribution in [3.63, 3.8) is 0 Å². The lowest BCUT2D eigenvalue weighted by Gasteiger charge is -2.07. The first kappa shape index (κ1) is 12.0. The number of hydrogen-bond acceptors (Lipinski definition) is 3. The van der Waals surface area contributed by atoms with E-state index in [4.69, 9.17) is 4.74 Å². The monoisotopic (exact) mass is 270 g/mol. The molecule has 3 rings (SSSR count). The van der Waals surface area contributed by atoms with Gasteiger partial charge in [-0.05, 0) is 35.2 Å². The molecule has 19 heavy (non-hydrogen) atoms. The number of nitrogens with zero attached hydrogens (tertiary/aromatic N) is 2. The predicted molar refractivity (Wildman–Crippen MR) is 77.6 cm³/mol. The van der Waals surface area contributed by atoms with Gasteiger partial charge in [0.2, 0.25) is 0 Å². The Morgan fingerprint density at radius 3 is 2.68 bits per heavy atom. The molecular weight excluding hydrogens is 256 g/mol. The number of thiophene rings is 1. The summed E-state index contributed by atoms with van der Waals surface area (Å²) in [5.74, 6) is 0.877. The van der Waals surface area contributed by atoms with Crippen molar-refractivity contribution in [3.05, 3.63) is 59.6 Å². The van der Waals surface area contributed by atoms with E-state index in [0.717, 1.165) is 18.0 Å². The SMILES string of the molecule is COc1ccc(Cn2nccc2-c2cccs2)cc1. The fraction of sp³-hybridized carbons (Fsp3) is 0.133. The molecule has 0 unspecified atom stereocenters. The van der Waals surface area contributed by atoms with E-state index < -0.39 is 0 Å². The summed E-state index contributed by atoms with van der Waals surface area (Å²) >= 11 is 1.73. The summed E-state index contributed by atoms with van der Waals surface area (Å²) in [6.45, 7) is 0.768. The van der Waals surface area contributed by atoms with Gasteiger partial charge in [0.1, 0.15) is 5.75 Å². The van der Waals surface area contributed by atoms with Gasteiger partial charge in [-0.25, -0.2) is 0 Å². The first-order chi connectivity index (χ1) is 9.36. The van der Waals surface area contributed by atoms with E-state index in [9.17, 15) is 0 Å². The molecule has 0 radical (unpaired) electrons. The van der Waals surface area contributed by atoms with Crippen LogP contribution in [0.1, 0.15) is 5.56 Å². The Morgan fingerprint density at radius 2 is 2.00 bits per heavy atom. The average molecular weight is 270 g/mol. The lowest BCUT2D eigenvalue weighted by atomic mass is 10.2. The maximum absolute atomic E-state index is 5.17. The Hall–Kier alpha value is -2.07. The van der Waals surface area contributed by atoms with Crippen LogP contribution >= 0.6 is 11.3 Å². The van der Waals surface area contributed by atoms with Gasteiger partial charge in [0.25, 0.3) is 0 Å². The molecule has 0 amide bonds. The zero-order valence-corrected chi connectivity index (χ0v) is 11.4. The van der Waals surface area contributed by atoms with Crippen LogP contribution in [-0.2, 0) is 6.54 Å². The van der Waals surface area contributed by atoms with Gasteiger partial charge in [0, 0.05) is 6.20 Å². The second-order valence-corrected chi connectivity index (χ2v) is 5.15. The van der Waals surface area contributed by atoms with E-state index in [0.29, 0.717) is 0 Å². The van der Waals surface area contributed by atoms with Crippen LogP contribution in [-0.4, -0.2) is 16.9 Å². The van der Waals surface area contributed by atoms with Gasteiger partial charge >= 0.3 is 0 Å². The van der Waals surface area contributed by atoms with E-state index in [1.54, 1.807) is 18.4 Å². The van der Waals surface area contributed by atoms with Crippen molar-refractivity contribution in [2.45, 2.75) is 6.54 Å². The highest BCUT2D eigenvalue weighted by Gasteiger charge is 2.06. The molecule has 0 spiro atoms. The highest BCUT2D eigenvalue weighted by molar-refractivity contribution is 7.13. The largest absolute Gasteiger partial charge is 0.497 e. The van der Waals surface area contributed by atoms with E-state index in [-0.39, 0.29) is 0 Å². The molecule has 0 bridgehead atoms. The normalized spacial score (nSPS) is 10.6. The van der Waals surface area contributed by atoms with Crippen LogP contribution in [0.15, 0.2) is 54.0 Å². The summed E-state index contributed by atoms with van der Waals surface area (Å²) < 4.78 is 7.19. The van der Waals surface area contributed by atoms with Crippen LogP contribution in [0.2, 0.25) is 0 Å². The first-order valence-electron chi connectivity index (χ1n) is 6.05. The van der Waals surface area contributed by atoms with E-state index >= 15 is 0 Å². The van der Waals surface area contributed by atoms with E-state index in [1.807, 2.05) is 23.0 Å². The third kappa shape index (κ3) is 2.53. The second-order valence-electron chi connectivity index (χ2n) is 4.20. The van der Waals surface area contributed by atoms with Gasteiger partial charge in [-0.3, -0.25) is 4.68 Å². The third-order valence-electron chi connectivity index (χ3n) is 2.98. The minimum atomic E-state index is 0.768.